The van der Waals surface area contributed by atoms with E-state index in [0.29, 0.717) is 21.8 Å². The Balaban J connectivity index is 2.13. The van der Waals surface area contributed by atoms with Crippen molar-refractivity contribution in [1.29, 1.82) is 0 Å². The fraction of sp³-hybridized carbons (Fsp3) is 0.462. The highest BCUT2D eigenvalue weighted by molar-refractivity contribution is 8.00. The van der Waals surface area contributed by atoms with E-state index in [0.717, 1.165) is 13.1 Å². The number of aromatic nitrogens is 1. The number of hydrogen-bond donors (Lipinski definition) is 2. The Bertz CT molecular complexity index is 508. The lowest BCUT2D eigenvalue weighted by Crippen LogP contribution is -2.44. The third kappa shape index (κ3) is 3.22. The lowest BCUT2D eigenvalue weighted by atomic mass is 10.2. The minimum atomic E-state index is -0.0740. The molecule has 20 heavy (non-hydrogen) atoms. The van der Waals surface area contributed by atoms with E-state index in [1.54, 1.807) is 12.1 Å². The van der Waals surface area contributed by atoms with Gasteiger partial charge in [0, 0.05) is 35.3 Å². The summed E-state index contributed by atoms with van der Waals surface area (Å²) in [4.78, 5) is 18.3. The molecule has 2 heterocycles. The van der Waals surface area contributed by atoms with Gasteiger partial charge in [0.25, 0.3) is 5.91 Å². The normalized spacial score (nSPS) is 23.7. The Morgan fingerprint density at radius 1 is 1.45 bits per heavy atom. The molecule has 0 aromatic carbocycles. The second-order valence-electron chi connectivity index (χ2n) is 4.88. The van der Waals surface area contributed by atoms with Crippen molar-refractivity contribution in [3.63, 3.8) is 0 Å². The molecular formula is C13H18N4O2S. The first-order valence-electron chi connectivity index (χ1n) is 6.40. The first-order chi connectivity index (χ1) is 9.51. The quantitative estimate of drug-likeness (QED) is 0.369. The summed E-state index contributed by atoms with van der Waals surface area (Å²) in [5.41, 5.74) is 6.33. The third-order valence-electron chi connectivity index (χ3n) is 3.09. The number of thioether (sulfide) groups is 1. The molecule has 1 saturated heterocycles. The summed E-state index contributed by atoms with van der Waals surface area (Å²) in [6, 6.07) is 3.23. The van der Waals surface area contributed by atoms with E-state index in [2.05, 4.69) is 24.0 Å². The smallest absolute Gasteiger partial charge is 0.272 e. The van der Waals surface area contributed by atoms with Gasteiger partial charge in [0.15, 0.2) is 5.84 Å². The fourth-order valence-electron chi connectivity index (χ4n) is 2.24. The van der Waals surface area contributed by atoms with Crippen molar-refractivity contribution >= 4 is 23.5 Å². The molecule has 0 spiro atoms. The largest absolute Gasteiger partial charge is 0.409 e. The van der Waals surface area contributed by atoms with Gasteiger partial charge >= 0.3 is 0 Å². The van der Waals surface area contributed by atoms with Crippen LogP contribution in [0, 0.1) is 0 Å². The third-order valence-corrected chi connectivity index (χ3v) is 4.32. The number of amidine groups is 1. The number of oxime groups is 1. The molecule has 0 aliphatic carbocycles. The lowest BCUT2D eigenvalue weighted by molar-refractivity contribution is 0.0747. The highest BCUT2D eigenvalue weighted by Crippen LogP contribution is 2.25. The molecule has 6 nitrogen and oxygen atoms in total. The summed E-state index contributed by atoms with van der Waals surface area (Å²) in [7, 11) is 0. The highest BCUT2D eigenvalue weighted by Gasteiger charge is 2.27. The molecule has 7 heteroatoms. The summed E-state index contributed by atoms with van der Waals surface area (Å²) in [5, 5.41) is 12.3. The summed E-state index contributed by atoms with van der Waals surface area (Å²) >= 11 is 1.89. The molecule has 0 saturated carbocycles. The van der Waals surface area contributed by atoms with Gasteiger partial charge in [0.1, 0.15) is 5.69 Å². The fourth-order valence-corrected chi connectivity index (χ4v) is 3.56. The van der Waals surface area contributed by atoms with E-state index < -0.39 is 0 Å². The van der Waals surface area contributed by atoms with Crippen LogP contribution in [-0.2, 0) is 0 Å². The van der Waals surface area contributed by atoms with E-state index in [1.807, 2.05) is 16.7 Å². The molecule has 108 valence electrons. The van der Waals surface area contributed by atoms with E-state index >= 15 is 0 Å². The number of nitrogens with zero attached hydrogens (tertiary/aromatic N) is 3. The van der Waals surface area contributed by atoms with Crippen molar-refractivity contribution in [2.24, 2.45) is 10.9 Å². The summed E-state index contributed by atoms with van der Waals surface area (Å²) in [6.07, 6.45) is 1.44. The topological polar surface area (TPSA) is 91.8 Å². The van der Waals surface area contributed by atoms with Crippen LogP contribution in [0.1, 0.15) is 29.9 Å². The van der Waals surface area contributed by atoms with Gasteiger partial charge in [-0.3, -0.25) is 9.78 Å². The zero-order valence-electron chi connectivity index (χ0n) is 11.5. The van der Waals surface area contributed by atoms with Crippen LogP contribution in [0.15, 0.2) is 23.5 Å². The number of hydrogen-bond acceptors (Lipinski definition) is 5. The maximum absolute atomic E-state index is 12.4. The number of rotatable bonds is 2. The van der Waals surface area contributed by atoms with Gasteiger partial charge in [-0.1, -0.05) is 19.0 Å². The number of carbonyl (C=O) groups excluding carboxylic acids is 1. The zero-order valence-corrected chi connectivity index (χ0v) is 12.3. The lowest BCUT2D eigenvalue weighted by Gasteiger charge is -2.34. The van der Waals surface area contributed by atoms with Crippen LogP contribution < -0.4 is 5.73 Å². The first-order valence-corrected chi connectivity index (χ1v) is 7.34. The Kier molecular flexibility index (Phi) is 4.49. The van der Waals surface area contributed by atoms with Gasteiger partial charge in [-0.15, -0.1) is 0 Å². The van der Waals surface area contributed by atoms with Crippen LogP contribution in [0.3, 0.4) is 0 Å². The molecule has 1 aromatic heterocycles. The van der Waals surface area contributed by atoms with Gasteiger partial charge in [0.2, 0.25) is 0 Å². The molecule has 3 N–H and O–H groups in total. The molecule has 2 atom stereocenters. The van der Waals surface area contributed by atoms with Crippen LogP contribution in [0.5, 0.6) is 0 Å². The average molecular weight is 294 g/mol. The number of carbonyl (C=O) groups is 1. The average Bonchev–Trinajstić information content (AvgIpc) is 2.45. The number of amides is 1. The van der Waals surface area contributed by atoms with Crippen molar-refractivity contribution in [3.05, 3.63) is 29.6 Å². The monoisotopic (exact) mass is 294 g/mol. The van der Waals surface area contributed by atoms with Crippen LogP contribution in [0.25, 0.3) is 0 Å². The summed E-state index contributed by atoms with van der Waals surface area (Å²) in [6.45, 7) is 5.71. The van der Waals surface area contributed by atoms with Crippen LogP contribution >= 0.6 is 11.8 Å². The molecule has 0 radical (unpaired) electrons. The molecule has 1 aliphatic rings. The molecule has 1 aliphatic heterocycles. The predicted molar refractivity (Wildman–Crippen MR) is 79.2 cm³/mol. The minimum absolute atomic E-state index is 0.0203. The molecule has 1 aromatic rings. The standard InChI is InChI=1S/C13H18N4O2S/c1-8-6-17(7-9(2)20-8)13(18)11-4-3-10(5-15-11)12(14)16-19/h3-5,8-9,19H,6-7H2,1-2H3,(H2,14,16). The van der Waals surface area contributed by atoms with Crippen molar-refractivity contribution in [3.8, 4) is 0 Å². The molecule has 1 fully saturated rings. The molecular weight excluding hydrogens is 276 g/mol. The highest BCUT2D eigenvalue weighted by atomic mass is 32.2. The summed E-state index contributed by atoms with van der Waals surface area (Å²) < 4.78 is 0. The Morgan fingerprint density at radius 2 is 2.10 bits per heavy atom. The molecule has 1 amide bonds. The van der Waals surface area contributed by atoms with E-state index in [4.69, 9.17) is 10.9 Å². The second kappa shape index (κ2) is 6.13. The van der Waals surface area contributed by atoms with E-state index in [1.165, 1.54) is 6.20 Å². The van der Waals surface area contributed by atoms with Crippen molar-refractivity contribution in [2.45, 2.75) is 24.3 Å². The van der Waals surface area contributed by atoms with Gasteiger partial charge in [-0.25, -0.2) is 0 Å². The zero-order chi connectivity index (χ0) is 14.7. The number of pyridine rings is 1. The van der Waals surface area contributed by atoms with Crippen LogP contribution in [0.2, 0.25) is 0 Å². The molecule has 0 bridgehead atoms. The maximum atomic E-state index is 12.4. The van der Waals surface area contributed by atoms with Crippen LogP contribution in [0.4, 0.5) is 0 Å². The van der Waals surface area contributed by atoms with Gasteiger partial charge in [-0.05, 0) is 12.1 Å². The van der Waals surface area contributed by atoms with Gasteiger partial charge in [0.05, 0.1) is 0 Å². The van der Waals surface area contributed by atoms with Crippen molar-refractivity contribution in [2.75, 3.05) is 13.1 Å². The Labute approximate surface area is 122 Å². The van der Waals surface area contributed by atoms with Crippen molar-refractivity contribution in [1.82, 2.24) is 9.88 Å². The Hall–Kier alpha value is -1.76. The second-order valence-corrected chi connectivity index (χ2v) is 6.77. The first kappa shape index (κ1) is 14.6. The van der Waals surface area contributed by atoms with E-state index in [9.17, 15) is 4.79 Å². The predicted octanol–water partition coefficient (Wildman–Crippen LogP) is 1.14. The maximum Gasteiger partial charge on any atom is 0.272 e. The van der Waals surface area contributed by atoms with Gasteiger partial charge < -0.3 is 15.8 Å². The summed E-state index contributed by atoms with van der Waals surface area (Å²) in [5.74, 6) is -0.0943. The Morgan fingerprint density at radius 3 is 2.60 bits per heavy atom. The van der Waals surface area contributed by atoms with Crippen LogP contribution in [-0.4, -0.2) is 50.4 Å². The van der Waals surface area contributed by atoms with Gasteiger partial charge in [-0.2, -0.15) is 11.8 Å². The minimum Gasteiger partial charge on any atom is -0.409 e. The SMILES string of the molecule is CC1CN(C(=O)c2ccc(C(N)=NO)cn2)CC(C)S1. The van der Waals surface area contributed by atoms with E-state index in [-0.39, 0.29) is 11.7 Å². The number of nitrogens with two attached hydrogens (primary N) is 1. The molecule has 2 unspecified atom stereocenters. The van der Waals surface area contributed by atoms with Crippen molar-refractivity contribution < 1.29 is 10.0 Å². The molecule has 2 rings (SSSR count).